The molecule has 0 bridgehead atoms. The predicted molar refractivity (Wildman–Crippen MR) is 89.9 cm³/mol. The topological polar surface area (TPSA) is 31.4 Å². The van der Waals surface area contributed by atoms with Crippen molar-refractivity contribution < 1.29 is 0 Å². The molecule has 1 unspecified atom stereocenters. The van der Waals surface area contributed by atoms with Crippen LogP contribution in [0.25, 0.3) is 0 Å². The number of anilines is 1. The summed E-state index contributed by atoms with van der Waals surface area (Å²) in [7, 11) is 2.21. The number of aryl methyl sites for hydroxylation is 1. The van der Waals surface area contributed by atoms with Gasteiger partial charge in [0.05, 0.1) is 0 Å². The number of aromatic nitrogens is 1. The second kappa shape index (κ2) is 7.23. The maximum atomic E-state index is 4.86. The van der Waals surface area contributed by atoms with Crippen LogP contribution in [0.4, 0.5) is 5.82 Å². The van der Waals surface area contributed by atoms with E-state index in [-0.39, 0.29) is 0 Å². The van der Waals surface area contributed by atoms with Crippen molar-refractivity contribution in [2.45, 2.75) is 52.7 Å². The molecule has 0 aliphatic carbocycles. The summed E-state index contributed by atoms with van der Waals surface area (Å²) in [6.45, 7) is 13.0. The van der Waals surface area contributed by atoms with Gasteiger partial charge in [-0.2, -0.15) is 0 Å². The zero-order chi connectivity index (χ0) is 15.4. The second-order valence-electron chi connectivity index (χ2n) is 6.61. The van der Waals surface area contributed by atoms with Crippen LogP contribution in [0.1, 0.15) is 38.4 Å². The van der Waals surface area contributed by atoms with E-state index in [0.717, 1.165) is 31.1 Å². The molecule has 21 heavy (non-hydrogen) atoms. The first kappa shape index (κ1) is 16.2. The normalized spacial score (nSPS) is 20.9. The Bertz CT molecular complexity index is 458. The first-order valence-electron chi connectivity index (χ1n) is 8.12. The Kier molecular flexibility index (Phi) is 5.59. The van der Waals surface area contributed by atoms with Crippen molar-refractivity contribution in [2.75, 3.05) is 31.6 Å². The molecule has 1 aromatic heterocycles. The average molecular weight is 290 g/mol. The van der Waals surface area contributed by atoms with Crippen LogP contribution in [0.5, 0.6) is 0 Å². The molecule has 4 nitrogen and oxygen atoms in total. The maximum Gasteiger partial charge on any atom is 0.129 e. The van der Waals surface area contributed by atoms with Crippen molar-refractivity contribution >= 4 is 5.82 Å². The standard InChI is InChI=1S/C17H30N4/c1-13(2)18-11-16-7-8-17(19-15(16)4)21-10-6-9-20(5)12-14(21)3/h7-8,13-14,18H,6,9-12H2,1-5H3. The van der Waals surface area contributed by atoms with Crippen molar-refractivity contribution in [3.05, 3.63) is 23.4 Å². The highest BCUT2D eigenvalue weighted by Crippen LogP contribution is 2.20. The molecule has 1 aliphatic rings. The first-order valence-corrected chi connectivity index (χ1v) is 8.12. The third-order valence-electron chi connectivity index (χ3n) is 4.22. The molecule has 2 rings (SSSR count). The van der Waals surface area contributed by atoms with Crippen LogP contribution in [0.2, 0.25) is 0 Å². The fourth-order valence-electron chi connectivity index (χ4n) is 2.95. The smallest absolute Gasteiger partial charge is 0.129 e. The van der Waals surface area contributed by atoms with Crippen LogP contribution >= 0.6 is 0 Å². The van der Waals surface area contributed by atoms with Crippen molar-refractivity contribution in [2.24, 2.45) is 0 Å². The van der Waals surface area contributed by atoms with E-state index in [1.54, 1.807) is 0 Å². The van der Waals surface area contributed by atoms with E-state index in [9.17, 15) is 0 Å². The molecule has 1 aromatic rings. The summed E-state index contributed by atoms with van der Waals surface area (Å²) < 4.78 is 0. The van der Waals surface area contributed by atoms with E-state index in [2.05, 4.69) is 62.0 Å². The lowest BCUT2D eigenvalue weighted by atomic mass is 10.1. The van der Waals surface area contributed by atoms with Gasteiger partial charge in [0.25, 0.3) is 0 Å². The van der Waals surface area contributed by atoms with Gasteiger partial charge < -0.3 is 15.1 Å². The highest BCUT2D eigenvalue weighted by Gasteiger charge is 2.21. The van der Waals surface area contributed by atoms with E-state index in [0.29, 0.717) is 12.1 Å². The van der Waals surface area contributed by atoms with Crippen LogP contribution in [0.15, 0.2) is 12.1 Å². The number of hydrogen-bond acceptors (Lipinski definition) is 4. The SMILES string of the molecule is Cc1nc(N2CCCN(C)CC2C)ccc1CNC(C)C. The molecule has 0 amide bonds. The van der Waals surface area contributed by atoms with E-state index in [1.807, 2.05) is 0 Å². The van der Waals surface area contributed by atoms with Crippen LogP contribution in [0.3, 0.4) is 0 Å². The second-order valence-corrected chi connectivity index (χ2v) is 6.61. The van der Waals surface area contributed by atoms with E-state index < -0.39 is 0 Å². The fraction of sp³-hybridized carbons (Fsp3) is 0.706. The Morgan fingerprint density at radius 2 is 2.10 bits per heavy atom. The van der Waals surface area contributed by atoms with Crippen LogP contribution in [-0.2, 0) is 6.54 Å². The van der Waals surface area contributed by atoms with Crippen LogP contribution in [-0.4, -0.2) is 48.6 Å². The Morgan fingerprint density at radius 1 is 1.33 bits per heavy atom. The Hall–Kier alpha value is -1.13. The molecule has 1 aliphatic heterocycles. The summed E-state index contributed by atoms with van der Waals surface area (Å²) in [6.07, 6.45) is 1.21. The fourth-order valence-corrected chi connectivity index (χ4v) is 2.95. The molecule has 4 heteroatoms. The molecule has 0 spiro atoms. The van der Waals surface area contributed by atoms with Gasteiger partial charge >= 0.3 is 0 Å². The van der Waals surface area contributed by atoms with Gasteiger partial charge in [-0.1, -0.05) is 19.9 Å². The monoisotopic (exact) mass is 290 g/mol. The van der Waals surface area contributed by atoms with E-state index in [4.69, 9.17) is 4.98 Å². The van der Waals surface area contributed by atoms with Crippen LogP contribution in [0, 0.1) is 6.92 Å². The van der Waals surface area contributed by atoms with Gasteiger partial charge in [-0.3, -0.25) is 0 Å². The lowest BCUT2D eigenvalue weighted by molar-refractivity contribution is 0.337. The largest absolute Gasteiger partial charge is 0.353 e. The molecule has 0 saturated carbocycles. The highest BCUT2D eigenvalue weighted by atomic mass is 15.3. The van der Waals surface area contributed by atoms with Gasteiger partial charge in [-0.25, -0.2) is 4.98 Å². The minimum absolute atomic E-state index is 0.505. The molecule has 1 N–H and O–H groups in total. The quantitative estimate of drug-likeness (QED) is 0.923. The zero-order valence-corrected chi connectivity index (χ0v) is 14.2. The highest BCUT2D eigenvalue weighted by molar-refractivity contribution is 5.43. The van der Waals surface area contributed by atoms with Crippen molar-refractivity contribution in [1.29, 1.82) is 0 Å². The predicted octanol–water partition coefficient (Wildman–Crippen LogP) is 2.42. The minimum atomic E-state index is 0.505. The Morgan fingerprint density at radius 3 is 2.76 bits per heavy atom. The third-order valence-corrected chi connectivity index (χ3v) is 4.22. The Labute approximate surface area is 129 Å². The lowest BCUT2D eigenvalue weighted by Crippen LogP contribution is -2.38. The van der Waals surface area contributed by atoms with Crippen molar-refractivity contribution in [3.63, 3.8) is 0 Å². The van der Waals surface area contributed by atoms with Gasteiger partial charge in [0.2, 0.25) is 0 Å². The summed E-state index contributed by atoms with van der Waals surface area (Å²) in [4.78, 5) is 9.73. The van der Waals surface area contributed by atoms with Crippen molar-refractivity contribution in [1.82, 2.24) is 15.2 Å². The summed E-state index contributed by atoms with van der Waals surface area (Å²) in [5, 5.41) is 3.47. The molecule has 118 valence electrons. The number of hydrogen-bond donors (Lipinski definition) is 1. The molecular weight excluding hydrogens is 260 g/mol. The number of nitrogens with zero attached hydrogens (tertiary/aromatic N) is 3. The number of pyridine rings is 1. The molecular formula is C17H30N4. The van der Waals surface area contributed by atoms with E-state index in [1.165, 1.54) is 18.5 Å². The molecule has 1 atom stereocenters. The minimum Gasteiger partial charge on any atom is -0.353 e. The van der Waals surface area contributed by atoms with Gasteiger partial charge in [-0.15, -0.1) is 0 Å². The molecule has 0 radical (unpaired) electrons. The maximum absolute atomic E-state index is 4.86. The lowest BCUT2D eigenvalue weighted by Gasteiger charge is -2.29. The van der Waals surface area contributed by atoms with E-state index >= 15 is 0 Å². The molecule has 1 fully saturated rings. The van der Waals surface area contributed by atoms with Crippen LogP contribution < -0.4 is 10.2 Å². The summed E-state index contributed by atoms with van der Waals surface area (Å²) in [5.41, 5.74) is 2.44. The summed E-state index contributed by atoms with van der Waals surface area (Å²) in [6, 6.07) is 5.44. The number of rotatable bonds is 4. The number of likely N-dealkylation sites (N-methyl/N-ethyl adjacent to an activating group) is 1. The summed E-state index contributed by atoms with van der Waals surface area (Å²) >= 11 is 0. The van der Waals surface area contributed by atoms with Gasteiger partial charge in [0, 0.05) is 37.4 Å². The molecule has 0 aromatic carbocycles. The zero-order valence-electron chi connectivity index (χ0n) is 14.2. The summed E-state index contributed by atoms with van der Waals surface area (Å²) in [5.74, 6) is 1.13. The van der Waals surface area contributed by atoms with Gasteiger partial charge in [-0.05, 0) is 45.5 Å². The first-order chi connectivity index (χ1) is 9.97. The average Bonchev–Trinajstić information content (AvgIpc) is 2.57. The Balaban J connectivity index is 2.11. The van der Waals surface area contributed by atoms with Gasteiger partial charge in [0.1, 0.15) is 5.82 Å². The third kappa shape index (κ3) is 4.42. The van der Waals surface area contributed by atoms with Crippen molar-refractivity contribution in [3.8, 4) is 0 Å². The number of nitrogens with one attached hydrogen (secondary N) is 1. The van der Waals surface area contributed by atoms with Gasteiger partial charge in [0.15, 0.2) is 0 Å². The molecule has 1 saturated heterocycles. The molecule has 2 heterocycles.